The van der Waals surface area contributed by atoms with Gasteiger partial charge in [0, 0.05) is 31.8 Å². The van der Waals surface area contributed by atoms with E-state index < -0.39 is 0 Å². The van der Waals surface area contributed by atoms with Crippen LogP contribution in [0.4, 0.5) is 5.69 Å². The zero-order valence-electron chi connectivity index (χ0n) is 12.4. The number of nitrogens with one attached hydrogen (secondary N) is 1. The van der Waals surface area contributed by atoms with Crippen LogP contribution in [0, 0.1) is 0 Å². The summed E-state index contributed by atoms with van der Waals surface area (Å²) < 4.78 is 10.4. The van der Waals surface area contributed by atoms with Gasteiger partial charge in [0.1, 0.15) is 0 Å². The molecule has 4 nitrogen and oxygen atoms in total. The van der Waals surface area contributed by atoms with Gasteiger partial charge in [-0.2, -0.15) is 0 Å². The lowest BCUT2D eigenvalue weighted by molar-refractivity contribution is 0.182. The van der Waals surface area contributed by atoms with Crippen molar-refractivity contribution >= 4 is 16.6 Å². The molecule has 1 heterocycles. The molecule has 2 rings (SSSR count). The standard InChI is InChI=1S/C16H22N2O2/c1-4-17-15-10-13(11-20-3)18-16-12(8-9-19-2)6-5-7-14(15)16/h5-7,10H,4,8-9,11H2,1-3H3,(H,17,18). The smallest absolute Gasteiger partial charge is 0.0885 e. The van der Waals surface area contributed by atoms with E-state index in [0.717, 1.165) is 35.2 Å². The summed E-state index contributed by atoms with van der Waals surface area (Å²) in [6.45, 7) is 4.20. The van der Waals surface area contributed by atoms with Crippen LogP contribution in [-0.4, -0.2) is 32.4 Å². The fourth-order valence-electron chi connectivity index (χ4n) is 2.33. The van der Waals surface area contributed by atoms with E-state index in [1.54, 1.807) is 14.2 Å². The SMILES string of the molecule is CCNc1cc(COC)nc2c(CCOC)cccc12. The molecule has 0 saturated heterocycles. The van der Waals surface area contributed by atoms with Gasteiger partial charge in [0.15, 0.2) is 0 Å². The van der Waals surface area contributed by atoms with Crippen molar-refractivity contribution in [1.29, 1.82) is 0 Å². The highest BCUT2D eigenvalue weighted by atomic mass is 16.5. The van der Waals surface area contributed by atoms with Gasteiger partial charge in [0.05, 0.1) is 24.4 Å². The van der Waals surface area contributed by atoms with Gasteiger partial charge in [0.2, 0.25) is 0 Å². The zero-order chi connectivity index (χ0) is 14.4. The minimum atomic E-state index is 0.521. The lowest BCUT2D eigenvalue weighted by Gasteiger charge is -2.13. The first kappa shape index (κ1) is 14.8. The van der Waals surface area contributed by atoms with Gasteiger partial charge in [-0.1, -0.05) is 18.2 Å². The number of pyridine rings is 1. The Hall–Kier alpha value is -1.65. The van der Waals surface area contributed by atoms with E-state index in [4.69, 9.17) is 14.5 Å². The van der Waals surface area contributed by atoms with Crippen molar-refractivity contribution in [3.05, 3.63) is 35.5 Å². The molecule has 0 atom stereocenters. The zero-order valence-corrected chi connectivity index (χ0v) is 12.4. The van der Waals surface area contributed by atoms with Crippen LogP contribution >= 0.6 is 0 Å². The predicted octanol–water partition coefficient (Wildman–Crippen LogP) is 3.00. The van der Waals surface area contributed by atoms with Crippen LogP contribution in [0.5, 0.6) is 0 Å². The number of methoxy groups -OCH3 is 2. The molecule has 0 spiro atoms. The average molecular weight is 274 g/mol. The van der Waals surface area contributed by atoms with Crippen molar-refractivity contribution in [3.63, 3.8) is 0 Å². The summed E-state index contributed by atoms with van der Waals surface area (Å²) in [6.07, 6.45) is 0.864. The van der Waals surface area contributed by atoms with Crippen molar-refractivity contribution in [2.45, 2.75) is 20.0 Å². The number of anilines is 1. The molecular weight excluding hydrogens is 252 g/mol. The van der Waals surface area contributed by atoms with E-state index in [0.29, 0.717) is 13.2 Å². The number of ether oxygens (including phenoxy) is 2. The Kier molecular flexibility index (Phi) is 5.32. The molecule has 1 N–H and O–H groups in total. The van der Waals surface area contributed by atoms with Gasteiger partial charge in [0.25, 0.3) is 0 Å². The number of nitrogens with zero attached hydrogens (tertiary/aromatic N) is 1. The summed E-state index contributed by atoms with van der Waals surface area (Å²) >= 11 is 0. The second-order valence-electron chi connectivity index (χ2n) is 4.68. The summed E-state index contributed by atoms with van der Waals surface area (Å²) in [5.41, 5.74) is 4.31. The lowest BCUT2D eigenvalue weighted by atomic mass is 10.1. The Bertz CT molecular complexity index is 570. The van der Waals surface area contributed by atoms with Crippen LogP contribution in [0.3, 0.4) is 0 Å². The van der Waals surface area contributed by atoms with Gasteiger partial charge in [-0.25, -0.2) is 4.98 Å². The third-order valence-corrected chi connectivity index (χ3v) is 3.21. The third kappa shape index (κ3) is 3.26. The monoisotopic (exact) mass is 274 g/mol. The summed E-state index contributed by atoms with van der Waals surface area (Å²) in [6, 6.07) is 8.36. The third-order valence-electron chi connectivity index (χ3n) is 3.21. The highest BCUT2D eigenvalue weighted by molar-refractivity contribution is 5.93. The topological polar surface area (TPSA) is 43.4 Å². The molecule has 0 aliphatic rings. The van der Waals surface area contributed by atoms with Crippen LogP contribution < -0.4 is 5.32 Å². The van der Waals surface area contributed by atoms with Crippen molar-refractivity contribution in [3.8, 4) is 0 Å². The van der Waals surface area contributed by atoms with E-state index in [-0.39, 0.29) is 0 Å². The number of fused-ring (bicyclic) bond motifs is 1. The molecule has 20 heavy (non-hydrogen) atoms. The maximum absolute atomic E-state index is 5.22. The van der Waals surface area contributed by atoms with Crippen LogP contribution in [0.25, 0.3) is 10.9 Å². The number of para-hydroxylation sites is 1. The minimum Gasteiger partial charge on any atom is -0.385 e. The quantitative estimate of drug-likeness (QED) is 0.843. The molecule has 0 saturated carbocycles. The summed E-state index contributed by atoms with van der Waals surface area (Å²) in [7, 11) is 3.41. The highest BCUT2D eigenvalue weighted by Crippen LogP contribution is 2.26. The Labute approximate surface area is 120 Å². The summed E-state index contributed by atoms with van der Waals surface area (Å²) in [5, 5.41) is 4.56. The summed E-state index contributed by atoms with van der Waals surface area (Å²) in [5.74, 6) is 0. The van der Waals surface area contributed by atoms with Gasteiger partial charge >= 0.3 is 0 Å². The van der Waals surface area contributed by atoms with E-state index >= 15 is 0 Å². The maximum Gasteiger partial charge on any atom is 0.0885 e. The number of hydrogen-bond donors (Lipinski definition) is 1. The Morgan fingerprint density at radius 2 is 2.05 bits per heavy atom. The van der Waals surface area contributed by atoms with Gasteiger partial charge in [-0.3, -0.25) is 0 Å². The normalized spacial score (nSPS) is 10.9. The van der Waals surface area contributed by atoms with E-state index in [9.17, 15) is 0 Å². The molecular formula is C16H22N2O2. The molecule has 108 valence electrons. The molecule has 4 heteroatoms. The molecule has 0 amide bonds. The molecule has 1 aromatic heterocycles. The molecule has 0 fully saturated rings. The van der Waals surface area contributed by atoms with Gasteiger partial charge in [-0.05, 0) is 25.0 Å². The van der Waals surface area contributed by atoms with Crippen LogP contribution in [0.1, 0.15) is 18.2 Å². The average Bonchev–Trinajstić information content (AvgIpc) is 2.46. The molecule has 0 radical (unpaired) electrons. The number of hydrogen-bond acceptors (Lipinski definition) is 4. The molecule has 2 aromatic rings. The Balaban J connectivity index is 2.53. The van der Waals surface area contributed by atoms with Crippen molar-refractivity contribution < 1.29 is 9.47 Å². The fourth-order valence-corrected chi connectivity index (χ4v) is 2.33. The fraction of sp³-hybridized carbons (Fsp3) is 0.438. The number of rotatable bonds is 7. The Morgan fingerprint density at radius 3 is 2.75 bits per heavy atom. The first-order valence-corrected chi connectivity index (χ1v) is 6.93. The first-order valence-electron chi connectivity index (χ1n) is 6.93. The molecule has 0 bridgehead atoms. The van der Waals surface area contributed by atoms with Gasteiger partial charge < -0.3 is 14.8 Å². The highest BCUT2D eigenvalue weighted by Gasteiger charge is 2.09. The number of benzene rings is 1. The van der Waals surface area contributed by atoms with Crippen LogP contribution in [0.15, 0.2) is 24.3 Å². The molecule has 0 aliphatic carbocycles. The molecule has 0 aliphatic heterocycles. The van der Waals surface area contributed by atoms with E-state index in [2.05, 4.69) is 36.5 Å². The predicted molar refractivity (Wildman–Crippen MR) is 82.2 cm³/mol. The van der Waals surface area contributed by atoms with E-state index in [1.165, 1.54) is 5.56 Å². The molecule has 1 aromatic carbocycles. The van der Waals surface area contributed by atoms with Crippen molar-refractivity contribution in [2.24, 2.45) is 0 Å². The van der Waals surface area contributed by atoms with Gasteiger partial charge in [-0.15, -0.1) is 0 Å². The second kappa shape index (κ2) is 7.22. The Morgan fingerprint density at radius 1 is 1.20 bits per heavy atom. The lowest BCUT2D eigenvalue weighted by Crippen LogP contribution is -2.04. The van der Waals surface area contributed by atoms with Crippen molar-refractivity contribution in [1.82, 2.24) is 4.98 Å². The largest absolute Gasteiger partial charge is 0.385 e. The number of aromatic nitrogens is 1. The minimum absolute atomic E-state index is 0.521. The summed E-state index contributed by atoms with van der Waals surface area (Å²) in [4.78, 5) is 4.74. The van der Waals surface area contributed by atoms with E-state index in [1.807, 2.05) is 0 Å². The van der Waals surface area contributed by atoms with Crippen LogP contribution in [0.2, 0.25) is 0 Å². The first-order chi connectivity index (χ1) is 9.80. The maximum atomic E-state index is 5.22. The van der Waals surface area contributed by atoms with Crippen molar-refractivity contribution in [2.75, 3.05) is 32.7 Å². The second-order valence-corrected chi connectivity index (χ2v) is 4.68. The van der Waals surface area contributed by atoms with Crippen LogP contribution in [-0.2, 0) is 22.5 Å². The molecule has 0 unspecified atom stereocenters.